The van der Waals surface area contributed by atoms with Gasteiger partial charge in [-0.3, -0.25) is 9.78 Å². The van der Waals surface area contributed by atoms with E-state index in [4.69, 9.17) is 0 Å². The second-order valence-corrected chi connectivity index (χ2v) is 8.77. The van der Waals surface area contributed by atoms with Crippen LogP contribution in [-0.2, 0) is 21.0 Å². The average molecular weight is 451 g/mol. The van der Waals surface area contributed by atoms with Gasteiger partial charge in [-0.25, -0.2) is 8.42 Å². The van der Waals surface area contributed by atoms with Crippen molar-refractivity contribution in [3.63, 3.8) is 0 Å². The molecule has 164 valence electrons. The largest absolute Gasteiger partial charge is 0.418 e. The number of sulfonamides is 1. The second-order valence-electron chi connectivity index (χ2n) is 6.86. The SMILES string of the molecule is CCN(CC(=O)Nc1ccccc1C(F)(F)F)S(=O)(=O)c1cccc2cc(C)cnc12. The normalized spacial score (nSPS) is 12.3. The summed E-state index contributed by atoms with van der Waals surface area (Å²) < 4.78 is 66.8. The molecule has 10 heteroatoms. The lowest BCUT2D eigenvalue weighted by Crippen LogP contribution is -2.38. The Balaban J connectivity index is 1.89. The van der Waals surface area contributed by atoms with E-state index < -0.39 is 39.9 Å². The Kier molecular flexibility index (Phi) is 6.33. The molecule has 0 saturated carbocycles. The minimum absolute atomic E-state index is 0.0566. The molecule has 3 rings (SSSR count). The van der Waals surface area contributed by atoms with Crippen LogP contribution in [0.4, 0.5) is 18.9 Å². The van der Waals surface area contributed by atoms with Crippen LogP contribution >= 0.6 is 0 Å². The summed E-state index contributed by atoms with van der Waals surface area (Å²) in [6.45, 7) is 2.67. The van der Waals surface area contributed by atoms with Gasteiger partial charge in [0.05, 0.1) is 23.3 Å². The Hall–Kier alpha value is -2.98. The lowest BCUT2D eigenvalue weighted by molar-refractivity contribution is -0.137. The summed E-state index contributed by atoms with van der Waals surface area (Å²) in [5, 5.41) is 2.80. The number of benzene rings is 2. The molecule has 0 unspecified atom stereocenters. The molecule has 1 aromatic heterocycles. The number of carbonyl (C=O) groups is 1. The zero-order valence-electron chi connectivity index (χ0n) is 16.8. The molecule has 2 aromatic carbocycles. The standard InChI is InChI=1S/C21H20F3N3O3S/c1-3-27(13-19(28)26-17-9-5-4-8-16(17)21(22,23)24)31(29,30)18-10-6-7-15-11-14(2)12-25-20(15)18/h4-12H,3,13H2,1-2H3,(H,26,28). The van der Waals surface area contributed by atoms with E-state index in [0.717, 1.165) is 22.0 Å². The van der Waals surface area contributed by atoms with Gasteiger partial charge in [0, 0.05) is 18.1 Å². The van der Waals surface area contributed by atoms with Crippen molar-refractivity contribution in [2.45, 2.75) is 24.9 Å². The van der Waals surface area contributed by atoms with Crippen molar-refractivity contribution in [2.24, 2.45) is 0 Å². The van der Waals surface area contributed by atoms with Crippen molar-refractivity contribution in [1.29, 1.82) is 0 Å². The summed E-state index contributed by atoms with van der Waals surface area (Å²) in [5.41, 5.74) is -0.329. The van der Waals surface area contributed by atoms with E-state index in [2.05, 4.69) is 10.3 Å². The molecular formula is C21H20F3N3O3S. The smallest absolute Gasteiger partial charge is 0.324 e. The second kappa shape index (κ2) is 8.64. The van der Waals surface area contributed by atoms with E-state index in [0.29, 0.717) is 5.39 Å². The molecule has 0 atom stereocenters. The molecule has 1 amide bonds. The van der Waals surface area contributed by atoms with Gasteiger partial charge in [0.15, 0.2) is 0 Å². The molecular weight excluding hydrogens is 431 g/mol. The van der Waals surface area contributed by atoms with Crippen LogP contribution in [0.3, 0.4) is 0 Å². The first-order valence-electron chi connectivity index (χ1n) is 9.35. The van der Waals surface area contributed by atoms with Gasteiger partial charge >= 0.3 is 6.18 Å². The van der Waals surface area contributed by atoms with Crippen LogP contribution in [0, 0.1) is 6.92 Å². The minimum atomic E-state index is -4.66. The van der Waals surface area contributed by atoms with Crippen LogP contribution in [0.25, 0.3) is 10.9 Å². The van der Waals surface area contributed by atoms with Crippen molar-refractivity contribution < 1.29 is 26.4 Å². The number of para-hydroxylation sites is 2. The summed E-state index contributed by atoms with van der Waals surface area (Å²) in [7, 11) is -4.13. The summed E-state index contributed by atoms with van der Waals surface area (Å²) in [5.74, 6) is -0.883. The van der Waals surface area contributed by atoms with Crippen molar-refractivity contribution >= 4 is 32.5 Å². The molecule has 1 heterocycles. The highest BCUT2D eigenvalue weighted by molar-refractivity contribution is 7.89. The van der Waals surface area contributed by atoms with Gasteiger partial charge in [-0.1, -0.05) is 31.2 Å². The molecule has 0 fully saturated rings. The Morgan fingerprint density at radius 2 is 1.84 bits per heavy atom. The third kappa shape index (κ3) is 4.86. The van der Waals surface area contributed by atoms with Gasteiger partial charge in [0.25, 0.3) is 0 Å². The van der Waals surface area contributed by atoms with E-state index in [-0.39, 0.29) is 17.0 Å². The van der Waals surface area contributed by atoms with Crippen LogP contribution in [0.2, 0.25) is 0 Å². The van der Waals surface area contributed by atoms with Gasteiger partial charge in [-0.05, 0) is 36.8 Å². The predicted octanol–water partition coefficient (Wildman–Crippen LogP) is 4.21. The topological polar surface area (TPSA) is 79.4 Å². The minimum Gasteiger partial charge on any atom is -0.324 e. The number of carbonyl (C=O) groups excluding carboxylic acids is 1. The highest BCUT2D eigenvalue weighted by Gasteiger charge is 2.34. The van der Waals surface area contributed by atoms with E-state index in [1.165, 1.54) is 25.1 Å². The Morgan fingerprint density at radius 1 is 1.13 bits per heavy atom. The van der Waals surface area contributed by atoms with Crippen molar-refractivity contribution in [3.05, 3.63) is 65.9 Å². The number of halogens is 3. The highest BCUT2D eigenvalue weighted by Crippen LogP contribution is 2.34. The highest BCUT2D eigenvalue weighted by atomic mass is 32.2. The van der Waals surface area contributed by atoms with Crippen LogP contribution in [0.1, 0.15) is 18.1 Å². The summed E-state index contributed by atoms with van der Waals surface area (Å²) in [4.78, 5) is 16.6. The maximum atomic E-state index is 13.2. The Morgan fingerprint density at radius 3 is 2.52 bits per heavy atom. The van der Waals surface area contributed by atoms with E-state index in [1.54, 1.807) is 24.4 Å². The van der Waals surface area contributed by atoms with Gasteiger partial charge < -0.3 is 5.32 Å². The number of likely N-dealkylation sites (N-methyl/N-ethyl adjacent to an activating group) is 1. The number of fused-ring (bicyclic) bond motifs is 1. The zero-order chi connectivity index (χ0) is 22.8. The van der Waals surface area contributed by atoms with Gasteiger partial charge in [0.2, 0.25) is 15.9 Å². The molecule has 31 heavy (non-hydrogen) atoms. The molecule has 3 aromatic rings. The summed E-state index contributed by atoms with van der Waals surface area (Å²) in [6.07, 6.45) is -3.12. The number of aryl methyl sites for hydroxylation is 1. The van der Waals surface area contributed by atoms with Gasteiger partial charge in [-0.2, -0.15) is 17.5 Å². The number of anilines is 1. The first-order valence-corrected chi connectivity index (χ1v) is 10.8. The number of hydrogen-bond donors (Lipinski definition) is 1. The van der Waals surface area contributed by atoms with Crippen LogP contribution in [-0.4, -0.2) is 36.7 Å². The molecule has 0 bridgehead atoms. The van der Waals surface area contributed by atoms with E-state index in [9.17, 15) is 26.4 Å². The third-order valence-electron chi connectivity index (χ3n) is 4.61. The molecule has 0 radical (unpaired) electrons. The zero-order valence-corrected chi connectivity index (χ0v) is 17.6. The number of hydrogen-bond acceptors (Lipinski definition) is 4. The fraction of sp³-hybridized carbons (Fsp3) is 0.238. The van der Waals surface area contributed by atoms with Crippen molar-refractivity contribution in [3.8, 4) is 0 Å². The lowest BCUT2D eigenvalue weighted by atomic mass is 10.1. The van der Waals surface area contributed by atoms with E-state index in [1.807, 2.05) is 6.92 Å². The molecule has 0 aliphatic rings. The fourth-order valence-corrected chi connectivity index (χ4v) is 4.72. The van der Waals surface area contributed by atoms with E-state index >= 15 is 0 Å². The fourth-order valence-electron chi connectivity index (χ4n) is 3.15. The maximum Gasteiger partial charge on any atom is 0.418 e. The first kappa shape index (κ1) is 22.7. The number of nitrogens with zero attached hydrogens (tertiary/aromatic N) is 2. The summed E-state index contributed by atoms with van der Waals surface area (Å²) >= 11 is 0. The predicted molar refractivity (Wildman–Crippen MR) is 111 cm³/mol. The third-order valence-corrected chi connectivity index (χ3v) is 6.56. The number of amides is 1. The van der Waals surface area contributed by atoms with Gasteiger partial charge in [-0.15, -0.1) is 0 Å². The number of alkyl halides is 3. The first-order chi connectivity index (χ1) is 14.5. The number of nitrogens with one attached hydrogen (secondary N) is 1. The monoisotopic (exact) mass is 451 g/mol. The van der Waals surface area contributed by atoms with Crippen molar-refractivity contribution in [2.75, 3.05) is 18.4 Å². The Labute approximate surface area is 177 Å². The van der Waals surface area contributed by atoms with Gasteiger partial charge in [0.1, 0.15) is 4.90 Å². The molecule has 0 aliphatic heterocycles. The van der Waals surface area contributed by atoms with Crippen LogP contribution in [0.5, 0.6) is 0 Å². The molecule has 0 aliphatic carbocycles. The number of pyridine rings is 1. The van der Waals surface area contributed by atoms with Crippen LogP contribution < -0.4 is 5.32 Å². The van der Waals surface area contributed by atoms with Crippen LogP contribution in [0.15, 0.2) is 59.6 Å². The maximum absolute atomic E-state index is 13.2. The molecule has 0 spiro atoms. The quantitative estimate of drug-likeness (QED) is 0.609. The molecule has 0 saturated heterocycles. The lowest BCUT2D eigenvalue weighted by Gasteiger charge is -2.21. The number of aromatic nitrogens is 1. The average Bonchev–Trinajstić information content (AvgIpc) is 2.70. The van der Waals surface area contributed by atoms with Crippen molar-refractivity contribution in [1.82, 2.24) is 9.29 Å². The Bertz CT molecular complexity index is 1230. The molecule has 1 N–H and O–H groups in total. The summed E-state index contributed by atoms with van der Waals surface area (Å²) in [6, 6.07) is 11.0. The number of rotatable bonds is 6. The molecule has 6 nitrogen and oxygen atoms in total.